The third-order valence-corrected chi connectivity index (χ3v) is 3.23. The van der Waals surface area contributed by atoms with Crippen LogP contribution in [0.3, 0.4) is 0 Å². The van der Waals surface area contributed by atoms with Gasteiger partial charge in [0.2, 0.25) is 0 Å². The molecular formula is C13H17BrN2O3. The molecule has 1 aromatic rings. The number of likely N-dealkylation sites (tertiary alicyclic amines) is 1. The van der Waals surface area contributed by atoms with Crippen molar-refractivity contribution in [3.8, 4) is 0 Å². The minimum absolute atomic E-state index is 0.222. The Morgan fingerprint density at radius 3 is 2.63 bits per heavy atom. The van der Waals surface area contributed by atoms with Gasteiger partial charge in [0.1, 0.15) is 11.2 Å². The van der Waals surface area contributed by atoms with Crippen molar-refractivity contribution in [1.29, 1.82) is 0 Å². The number of nitrogens with zero attached hydrogens (tertiary/aromatic N) is 2. The maximum Gasteiger partial charge on any atom is 0.410 e. The highest BCUT2D eigenvalue weighted by Crippen LogP contribution is 2.33. The number of hydrogen-bond donors (Lipinski definition) is 1. The molecule has 1 N–H and O–H groups in total. The zero-order valence-electron chi connectivity index (χ0n) is 11.2. The number of hydrogen-bond acceptors (Lipinski definition) is 4. The molecular weight excluding hydrogens is 312 g/mol. The Kier molecular flexibility index (Phi) is 3.57. The molecule has 0 spiro atoms. The first kappa shape index (κ1) is 14.3. The lowest BCUT2D eigenvalue weighted by molar-refractivity contribution is -0.103. The van der Waals surface area contributed by atoms with E-state index in [4.69, 9.17) is 4.74 Å². The number of carbonyl (C=O) groups is 1. The molecule has 0 atom stereocenters. The van der Waals surface area contributed by atoms with E-state index in [2.05, 4.69) is 20.9 Å². The van der Waals surface area contributed by atoms with E-state index in [0.717, 1.165) is 4.47 Å². The Hall–Kier alpha value is -1.14. The van der Waals surface area contributed by atoms with Crippen molar-refractivity contribution < 1.29 is 14.6 Å². The predicted octanol–water partition coefficient (Wildman–Crippen LogP) is 2.28. The number of β-amino-alcohol motifs (C(OH)–C–C–N with tert-alkyl or cyclic N) is 1. The highest BCUT2D eigenvalue weighted by molar-refractivity contribution is 9.10. The second-order valence-electron chi connectivity index (χ2n) is 5.76. The molecule has 2 rings (SSSR count). The van der Waals surface area contributed by atoms with Gasteiger partial charge in [0.15, 0.2) is 0 Å². The minimum Gasteiger partial charge on any atom is -0.444 e. The van der Waals surface area contributed by atoms with Gasteiger partial charge in [-0.05, 0) is 42.8 Å². The Morgan fingerprint density at radius 1 is 1.47 bits per heavy atom. The number of rotatable bonds is 1. The summed E-state index contributed by atoms with van der Waals surface area (Å²) in [6.07, 6.45) is 2.86. The highest BCUT2D eigenvalue weighted by Gasteiger charge is 2.46. The summed E-state index contributed by atoms with van der Waals surface area (Å²) in [6, 6.07) is 1.80. The summed E-state index contributed by atoms with van der Waals surface area (Å²) in [7, 11) is 0. The summed E-state index contributed by atoms with van der Waals surface area (Å²) in [4.78, 5) is 17.3. The van der Waals surface area contributed by atoms with Crippen LogP contribution >= 0.6 is 15.9 Å². The molecule has 5 nitrogen and oxygen atoms in total. The van der Waals surface area contributed by atoms with Crippen molar-refractivity contribution in [1.82, 2.24) is 9.88 Å². The van der Waals surface area contributed by atoms with E-state index < -0.39 is 17.3 Å². The van der Waals surface area contributed by atoms with Crippen LogP contribution in [0.15, 0.2) is 22.9 Å². The van der Waals surface area contributed by atoms with Gasteiger partial charge in [-0.1, -0.05) is 0 Å². The SMILES string of the molecule is CC(C)(C)OC(=O)N1CC(O)(c2cncc(Br)c2)C1. The van der Waals surface area contributed by atoms with Gasteiger partial charge >= 0.3 is 6.09 Å². The molecule has 19 heavy (non-hydrogen) atoms. The fourth-order valence-corrected chi connectivity index (χ4v) is 2.25. The van der Waals surface area contributed by atoms with Crippen molar-refractivity contribution in [3.05, 3.63) is 28.5 Å². The van der Waals surface area contributed by atoms with E-state index >= 15 is 0 Å². The molecule has 1 amide bonds. The molecule has 1 fully saturated rings. The maximum atomic E-state index is 11.8. The first-order valence-electron chi connectivity index (χ1n) is 6.01. The van der Waals surface area contributed by atoms with Crippen molar-refractivity contribution in [2.45, 2.75) is 32.0 Å². The summed E-state index contributed by atoms with van der Waals surface area (Å²) in [5, 5.41) is 10.4. The van der Waals surface area contributed by atoms with Gasteiger partial charge in [0.25, 0.3) is 0 Å². The average molecular weight is 329 g/mol. The molecule has 1 aliphatic rings. The summed E-state index contributed by atoms with van der Waals surface area (Å²) in [5.74, 6) is 0. The first-order chi connectivity index (χ1) is 8.70. The number of amides is 1. The summed E-state index contributed by atoms with van der Waals surface area (Å²) in [5.41, 5.74) is -0.864. The number of pyridine rings is 1. The van der Waals surface area contributed by atoms with Crippen LogP contribution in [0, 0.1) is 0 Å². The van der Waals surface area contributed by atoms with Crippen molar-refractivity contribution in [2.75, 3.05) is 13.1 Å². The molecule has 0 bridgehead atoms. The van der Waals surface area contributed by atoms with Crippen LogP contribution in [-0.2, 0) is 10.3 Å². The maximum absolute atomic E-state index is 11.8. The Morgan fingerprint density at radius 2 is 2.11 bits per heavy atom. The third-order valence-electron chi connectivity index (χ3n) is 2.80. The summed E-state index contributed by atoms with van der Waals surface area (Å²) >= 11 is 3.31. The standard InChI is InChI=1S/C13H17BrN2O3/c1-12(2,3)19-11(17)16-7-13(18,8-16)9-4-10(14)6-15-5-9/h4-6,18H,7-8H2,1-3H3. The lowest BCUT2D eigenvalue weighted by Gasteiger charge is -2.46. The fraction of sp³-hybridized carbons (Fsp3) is 0.538. The fourth-order valence-electron chi connectivity index (χ4n) is 1.89. The molecule has 1 saturated heterocycles. The normalized spacial score (nSPS) is 17.8. The smallest absolute Gasteiger partial charge is 0.410 e. The van der Waals surface area contributed by atoms with E-state index in [1.807, 2.05) is 20.8 Å². The molecule has 1 aliphatic heterocycles. The van der Waals surface area contributed by atoms with Crippen molar-refractivity contribution in [3.63, 3.8) is 0 Å². The van der Waals surface area contributed by atoms with Crippen molar-refractivity contribution >= 4 is 22.0 Å². The van der Waals surface area contributed by atoms with Gasteiger partial charge in [-0.25, -0.2) is 4.79 Å². The van der Waals surface area contributed by atoms with Crippen LogP contribution in [-0.4, -0.2) is 39.8 Å². The Labute approximate surface area is 120 Å². The van der Waals surface area contributed by atoms with Gasteiger partial charge in [-0.2, -0.15) is 0 Å². The van der Waals surface area contributed by atoms with Crippen LogP contribution in [0.5, 0.6) is 0 Å². The Balaban J connectivity index is 2.00. The summed E-state index contributed by atoms with van der Waals surface area (Å²) < 4.78 is 6.05. The first-order valence-corrected chi connectivity index (χ1v) is 6.80. The lowest BCUT2D eigenvalue weighted by Crippen LogP contribution is -2.61. The van der Waals surface area contributed by atoms with Crippen LogP contribution in [0.25, 0.3) is 0 Å². The van der Waals surface area contributed by atoms with Gasteiger partial charge in [0, 0.05) is 22.4 Å². The highest BCUT2D eigenvalue weighted by atomic mass is 79.9. The van der Waals surface area contributed by atoms with Crippen LogP contribution in [0.4, 0.5) is 4.79 Å². The molecule has 104 valence electrons. The molecule has 0 saturated carbocycles. The van der Waals surface area contributed by atoms with Crippen molar-refractivity contribution in [2.24, 2.45) is 0 Å². The number of carbonyl (C=O) groups excluding carboxylic acids is 1. The largest absolute Gasteiger partial charge is 0.444 e. The number of halogens is 1. The van der Waals surface area contributed by atoms with E-state index in [-0.39, 0.29) is 13.1 Å². The third kappa shape index (κ3) is 3.25. The molecule has 2 heterocycles. The quantitative estimate of drug-likeness (QED) is 0.859. The Bertz CT molecular complexity index is 493. The van der Waals surface area contributed by atoms with Gasteiger partial charge in [-0.15, -0.1) is 0 Å². The van der Waals surface area contributed by atoms with Gasteiger partial charge in [-0.3, -0.25) is 4.98 Å². The minimum atomic E-state index is -1.03. The van der Waals surface area contributed by atoms with Crippen LogP contribution in [0.2, 0.25) is 0 Å². The topological polar surface area (TPSA) is 62.7 Å². The van der Waals surface area contributed by atoms with E-state index in [9.17, 15) is 9.90 Å². The van der Waals surface area contributed by atoms with E-state index in [0.29, 0.717) is 5.56 Å². The molecule has 0 aliphatic carbocycles. The average Bonchev–Trinajstić information content (AvgIpc) is 2.22. The lowest BCUT2D eigenvalue weighted by atomic mass is 9.87. The molecule has 0 radical (unpaired) electrons. The molecule has 1 aromatic heterocycles. The molecule has 6 heteroatoms. The van der Waals surface area contributed by atoms with Crippen LogP contribution in [0.1, 0.15) is 26.3 Å². The number of aromatic nitrogens is 1. The van der Waals surface area contributed by atoms with Crippen LogP contribution < -0.4 is 0 Å². The second-order valence-corrected chi connectivity index (χ2v) is 6.68. The number of ether oxygens (including phenoxy) is 1. The predicted molar refractivity (Wildman–Crippen MR) is 73.6 cm³/mol. The molecule has 0 unspecified atom stereocenters. The van der Waals surface area contributed by atoms with E-state index in [1.54, 1.807) is 18.5 Å². The zero-order valence-corrected chi connectivity index (χ0v) is 12.8. The number of aliphatic hydroxyl groups is 1. The monoisotopic (exact) mass is 328 g/mol. The zero-order chi connectivity index (χ0) is 14.3. The van der Waals surface area contributed by atoms with Gasteiger partial charge in [0.05, 0.1) is 13.1 Å². The second kappa shape index (κ2) is 4.76. The van der Waals surface area contributed by atoms with E-state index in [1.165, 1.54) is 4.90 Å². The molecule has 0 aromatic carbocycles. The summed E-state index contributed by atoms with van der Waals surface area (Å²) in [6.45, 7) is 5.89. The van der Waals surface area contributed by atoms with Gasteiger partial charge < -0.3 is 14.7 Å².